The Hall–Kier alpha value is -2.90. The van der Waals surface area contributed by atoms with E-state index < -0.39 is 6.36 Å². The molecule has 1 heterocycles. The largest absolute Gasteiger partial charge is 0.573 e. The second-order valence-electron chi connectivity index (χ2n) is 8.71. The van der Waals surface area contributed by atoms with Crippen LogP contribution in [0.3, 0.4) is 0 Å². The van der Waals surface area contributed by atoms with Crippen LogP contribution in [0.2, 0.25) is 0 Å². The molecule has 33 heavy (non-hydrogen) atoms. The lowest BCUT2D eigenvalue weighted by Crippen LogP contribution is -2.41. The first-order valence-corrected chi connectivity index (χ1v) is 11.3. The molecule has 0 radical (unpaired) electrons. The van der Waals surface area contributed by atoms with E-state index in [1.54, 1.807) is 13.2 Å². The highest BCUT2D eigenvalue weighted by Gasteiger charge is 2.32. The number of piperidine rings is 1. The number of hydrogen-bond donors (Lipinski definition) is 1. The van der Waals surface area contributed by atoms with E-state index in [0.717, 1.165) is 31.2 Å². The molecule has 0 aromatic heterocycles. The number of benzene rings is 2. The molecule has 2 atom stereocenters. The summed E-state index contributed by atoms with van der Waals surface area (Å²) in [4.78, 5) is 12.5. The molecule has 1 saturated carbocycles. The number of carbonyl (C=O) groups excluding carboxylic acids is 1. The van der Waals surface area contributed by atoms with Gasteiger partial charge in [0.15, 0.2) is 11.5 Å². The Morgan fingerprint density at radius 2 is 1.85 bits per heavy atom. The molecular weight excluding hydrogens is 435 g/mol. The Bertz CT molecular complexity index is 972. The summed E-state index contributed by atoms with van der Waals surface area (Å²) in [7, 11) is 1.62. The van der Waals surface area contributed by atoms with E-state index in [1.807, 2.05) is 18.2 Å². The predicted octanol–water partition coefficient (Wildman–Crippen LogP) is 5.38. The predicted molar refractivity (Wildman–Crippen MR) is 117 cm³/mol. The summed E-state index contributed by atoms with van der Waals surface area (Å²) in [6.07, 6.45) is 0.761. The number of rotatable bonds is 7. The topological polar surface area (TPSA) is 56.8 Å². The molecule has 1 saturated heterocycles. The number of alkyl halides is 3. The van der Waals surface area contributed by atoms with Crippen LogP contribution in [0.1, 0.15) is 49.1 Å². The summed E-state index contributed by atoms with van der Waals surface area (Å²) in [6, 6.07) is 11.7. The van der Waals surface area contributed by atoms with Gasteiger partial charge < -0.3 is 19.5 Å². The summed E-state index contributed by atoms with van der Waals surface area (Å²) >= 11 is 0. The number of halogens is 3. The number of amides is 1. The zero-order valence-electron chi connectivity index (χ0n) is 18.5. The fourth-order valence-corrected chi connectivity index (χ4v) is 4.71. The third-order valence-corrected chi connectivity index (χ3v) is 6.33. The van der Waals surface area contributed by atoms with Crippen LogP contribution in [0.4, 0.5) is 13.2 Å². The third kappa shape index (κ3) is 6.12. The fourth-order valence-electron chi connectivity index (χ4n) is 4.71. The lowest BCUT2D eigenvalue weighted by atomic mass is 9.82. The Kier molecular flexibility index (Phi) is 7.00. The SMILES string of the molecule is COc1ccc([C@H]2CNC(=O)[C@@H](Cc3cccc(OC(F)(F)F)c3)C2)cc1OC1CCCC1. The molecule has 8 heteroatoms. The maximum absolute atomic E-state index is 12.5. The third-order valence-electron chi connectivity index (χ3n) is 6.33. The molecule has 1 aliphatic carbocycles. The van der Waals surface area contributed by atoms with Gasteiger partial charge in [-0.05, 0) is 73.9 Å². The minimum absolute atomic E-state index is 0.0686. The van der Waals surface area contributed by atoms with E-state index in [4.69, 9.17) is 9.47 Å². The van der Waals surface area contributed by atoms with Gasteiger partial charge in [0.25, 0.3) is 0 Å². The van der Waals surface area contributed by atoms with Crippen LogP contribution >= 0.6 is 0 Å². The van der Waals surface area contributed by atoms with E-state index in [9.17, 15) is 18.0 Å². The van der Waals surface area contributed by atoms with Gasteiger partial charge in [-0.25, -0.2) is 0 Å². The van der Waals surface area contributed by atoms with Crippen molar-refractivity contribution in [2.24, 2.45) is 5.92 Å². The molecule has 178 valence electrons. The van der Waals surface area contributed by atoms with Gasteiger partial charge in [0.2, 0.25) is 5.91 Å². The van der Waals surface area contributed by atoms with E-state index in [2.05, 4.69) is 10.1 Å². The number of ether oxygens (including phenoxy) is 3. The zero-order valence-corrected chi connectivity index (χ0v) is 18.5. The number of nitrogens with one attached hydrogen (secondary N) is 1. The highest BCUT2D eigenvalue weighted by atomic mass is 19.4. The lowest BCUT2D eigenvalue weighted by Gasteiger charge is -2.30. The van der Waals surface area contributed by atoms with Crippen LogP contribution in [-0.4, -0.2) is 32.0 Å². The van der Waals surface area contributed by atoms with Crippen LogP contribution in [0.5, 0.6) is 17.2 Å². The molecule has 0 unspecified atom stereocenters. The van der Waals surface area contributed by atoms with Crippen molar-refractivity contribution in [3.8, 4) is 17.2 Å². The Labute approximate surface area is 191 Å². The standard InChI is InChI=1S/C25H28F3NO4/c1-31-22-10-9-17(14-23(22)32-20-6-2-3-7-20)19-13-18(24(30)29-15-19)11-16-5-4-8-21(12-16)33-25(26,27)28/h4-5,8-10,12,14,18-20H,2-3,6-7,11,13,15H2,1H3,(H,29,30)/t18-,19+/m0/s1. The van der Waals surface area contributed by atoms with Crippen LogP contribution in [-0.2, 0) is 11.2 Å². The first kappa shape index (κ1) is 23.3. The second-order valence-corrected chi connectivity index (χ2v) is 8.71. The van der Waals surface area contributed by atoms with Crippen LogP contribution in [0.15, 0.2) is 42.5 Å². The number of hydrogen-bond acceptors (Lipinski definition) is 4. The lowest BCUT2D eigenvalue weighted by molar-refractivity contribution is -0.274. The van der Waals surface area contributed by atoms with Crippen molar-refractivity contribution in [2.75, 3.05) is 13.7 Å². The van der Waals surface area contributed by atoms with Crippen LogP contribution in [0, 0.1) is 5.92 Å². The van der Waals surface area contributed by atoms with Crippen molar-refractivity contribution < 1.29 is 32.2 Å². The zero-order chi connectivity index (χ0) is 23.4. The molecule has 5 nitrogen and oxygen atoms in total. The molecule has 1 aliphatic heterocycles. The average molecular weight is 463 g/mol. The minimum atomic E-state index is -4.75. The summed E-state index contributed by atoms with van der Waals surface area (Å²) < 4.78 is 53.3. The molecule has 2 aromatic rings. The number of carbonyl (C=O) groups is 1. The first-order valence-electron chi connectivity index (χ1n) is 11.3. The van der Waals surface area contributed by atoms with Gasteiger partial charge in [0.05, 0.1) is 13.2 Å². The summed E-state index contributed by atoms with van der Waals surface area (Å²) in [5, 5.41) is 2.95. The molecule has 0 spiro atoms. The molecule has 1 amide bonds. The Morgan fingerprint density at radius 3 is 2.58 bits per heavy atom. The van der Waals surface area contributed by atoms with Crippen molar-refractivity contribution in [2.45, 2.75) is 56.9 Å². The highest BCUT2D eigenvalue weighted by Crippen LogP contribution is 2.37. The van der Waals surface area contributed by atoms with Crippen LogP contribution in [0.25, 0.3) is 0 Å². The van der Waals surface area contributed by atoms with E-state index >= 15 is 0 Å². The maximum Gasteiger partial charge on any atom is 0.573 e. The average Bonchev–Trinajstić information content (AvgIpc) is 3.27. The Morgan fingerprint density at radius 1 is 1.06 bits per heavy atom. The molecular formula is C25H28F3NO4. The smallest absolute Gasteiger partial charge is 0.493 e. The van der Waals surface area contributed by atoms with Gasteiger partial charge in [0, 0.05) is 18.4 Å². The fraction of sp³-hybridized carbons (Fsp3) is 0.480. The minimum Gasteiger partial charge on any atom is -0.493 e. The van der Waals surface area contributed by atoms with Gasteiger partial charge in [-0.3, -0.25) is 4.79 Å². The molecule has 0 bridgehead atoms. The maximum atomic E-state index is 12.5. The first-order chi connectivity index (χ1) is 15.8. The van der Waals surface area contributed by atoms with Gasteiger partial charge in [-0.15, -0.1) is 13.2 Å². The molecule has 2 aliphatic rings. The summed E-state index contributed by atoms with van der Waals surface area (Å²) in [6.45, 7) is 0.502. The van der Waals surface area contributed by atoms with Crippen LogP contribution < -0.4 is 19.5 Å². The van der Waals surface area contributed by atoms with Crippen molar-refractivity contribution in [3.05, 3.63) is 53.6 Å². The van der Waals surface area contributed by atoms with Crippen molar-refractivity contribution >= 4 is 5.91 Å². The van der Waals surface area contributed by atoms with Gasteiger partial charge in [0.1, 0.15) is 5.75 Å². The normalized spacial score (nSPS) is 21.5. The molecule has 4 rings (SSSR count). The van der Waals surface area contributed by atoms with Crippen molar-refractivity contribution in [1.82, 2.24) is 5.32 Å². The summed E-state index contributed by atoms with van der Waals surface area (Å²) in [5.74, 6) is 0.738. The monoisotopic (exact) mass is 463 g/mol. The molecule has 2 aromatic carbocycles. The van der Waals surface area contributed by atoms with Crippen molar-refractivity contribution in [3.63, 3.8) is 0 Å². The van der Waals surface area contributed by atoms with E-state index in [0.29, 0.717) is 36.4 Å². The van der Waals surface area contributed by atoms with Gasteiger partial charge in [-0.1, -0.05) is 18.2 Å². The van der Waals surface area contributed by atoms with Crippen molar-refractivity contribution in [1.29, 1.82) is 0 Å². The molecule has 2 fully saturated rings. The summed E-state index contributed by atoms with van der Waals surface area (Å²) in [5.41, 5.74) is 1.67. The highest BCUT2D eigenvalue weighted by molar-refractivity contribution is 5.80. The second kappa shape index (κ2) is 9.93. The number of methoxy groups -OCH3 is 1. The van der Waals surface area contributed by atoms with E-state index in [-0.39, 0.29) is 29.6 Å². The van der Waals surface area contributed by atoms with E-state index in [1.165, 1.54) is 18.2 Å². The quantitative estimate of drug-likeness (QED) is 0.599. The van der Waals surface area contributed by atoms with Gasteiger partial charge >= 0.3 is 6.36 Å². The Balaban J connectivity index is 1.47. The van der Waals surface area contributed by atoms with Gasteiger partial charge in [-0.2, -0.15) is 0 Å². The molecule has 1 N–H and O–H groups in total.